The van der Waals surface area contributed by atoms with Gasteiger partial charge in [0.1, 0.15) is 0 Å². The highest BCUT2D eigenvalue weighted by atomic mass is 14.9. The van der Waals surface area contributed by atoms with E-state index in [1.807, 2.05) is 0 Å². The van der Waals surface area contributed by atoms with Crippen LogP contribution in [0.1, 0.15) is 73.1 Å². The third-order valence-corrected chi connectivity index (χ3v) is 3.28. The normalized spacial score (nSPS) is 14.2. The van der Waals surface area contributed by atoms with E-state index in [9.17, 15) is 0 Å². The van der Waals surface area contributed by atoms with Crippen LogP contribution in [0, 0.1) is 5.41 Å². The van der Waals surface area contributed by atoms with Crippen molar-refractivity contribution in [1.82, 2.24) is 5.32 Å². The largest absolute Gasteiger partial charge is 0.314 e. The molecule has 1 N–H and O–H groups in total. The molecule has 0 saturated heterocycles. The van der Waals surface area contributed by atoms with Crippen LogP contribution in [0.2, 0.25) is 0 Å². The average Bonchev–Trinajstić information content (AvgIpc) is 2.14. The first kappa shape index (κ1) is 15.0. The maximum Gasteiger partial charge on any atom is 0.00872 e. The van der Waals surface area contributed by atoms with Gasteiger partial charge in [0, 0.05) is 6.04 Å². The first-order valence-corrected chi connectivity index (χ1v) is 6.72. The van der Waals surface area contributed by atoms with Crippen molar-refractivity contribution in [3.05, 3.63) is 0 Å². The second-order valence-electron chi connectivity index (χ2n) is 5.81. The minimum atomic E-state index is 0.391. The topological polar surface area (TPSA) is 12.0 Å². The maximum atomic E-state index is 3.61. The Morgan fingerprint density at radius 1 is 0.933 bits per heavy atom. The van der Waals surface area contributed by atoms with E-state index >= 15 is 0 Å². The van der Waals surface area contributed by atoms with Gasteiger partial charge in [-0.1, -0.05) is 59.8 Å². The Hall–Kier alpha value is -0.0400. The quantitative estimate of drug-likeness (QED) is 0.590. The number of nitrogens with one attached hydrogen (secondary N) is 1. The van der Waals surface area contributed by atoms with Crippen molar-refractivity contribution >= 4 is 0 Å². The number of hydrogen-bond donors (Lipinski definition) is 1. The van der Waals surface area contributed by atoms with Crippen molar-refractivity contribution in [3.8, 4) is 0 Å². The first-order chi connectivity index (χ1) is 6.98. The third-order valence-electron chi connectivity index (χ3n) is 3.28. The second kappa shape index (κ2) is 8.15. The van der Waals surface area contributed by atoms with E-state index in [2.05, 4.69) is 39.9 Å². The Balaban J connectivity index is 3.24. The number of rotatable bonds is 8. The number of hydrogen-bond acceptors (Lipinski definition) is 1. The standard InChI is InChI=1S/C14H31N/c1-6-7-8-9-10-11-12-15-13(2)14(3,4)5/h13,15H,6-12H2,1-5H3. The van der Waals surface area contributed by atoms with E-state index in [0.29, 0.717) is 11.5 Å². The summed E-state index contributed by atoms with van der Waals surface area (Å²) in [5, 5.41) is 3.61. The Morgan fingerprint density at radius 3 is 2.00 bits per heavy atom. The van der Waals surface area contributed by atoms with Crippen LogP contribution in [-0.2, 0) is 0 Å². The van der Waals surface area contributed by atoms with Crippen LogP contribution in [0.5, 0.6) is 0 Å². The van der Waals surface area contributed by atoms with Crippen molar-refractivity contribution < 1.29 is 0 Å². The monoisotopic (exact) mass is 213 g/mol. The molecule has 0 fully saturated rings. The van der Waals surface area contributed by atoms with Gasteiger partial charge in [0.05, 0.1) is 0 Å². The average molecular weight is 213 g/mol. The molecule has 1 nitrogen and oxygen atoms in total. The smallest absolute Gasteiger partial charge is 0.00872 e. The molecule has 0 aliphatic rings. The molecule has 0 amide bonds. The molecule has 0 saturated carbocycles. The zero-order valence-electron chi connectivity index (χ0n) is 11.5. The van der Waals surface area contributed by atoms with E-state index in [1.54, 1.807) is 0 Å². The zero-order chi connectivity index (χ0) is 11.7. The summed E-state index contributed by atoms with van der Waals surface area (Å²) in [4.78, 5) is 0. The first-order valence-electron chi connectivity index (χ1n) is 6.72. The molecule has 0 rings (SSSR count). The molecule has 92 valence electrons. The minimum absolute atomic E-state index is 0.391. The van der Waals surface area contributed by atoms with Crippen LogP contribution in [-0.4, -0.2) is 12.6 Å². The van der Waals surface area contributed by atoms with E-state index in [4.69, 9.17) is 0 Å². The predicted octanol–water partition coefficient (Wildman–Crippen LogP) is 4.37. The van der Waals surface area contributed by atoms with Gasteiger partial charge in [0.25, 0.3) is 0 Å². The number of unbranched alkanes of at least 4 members (excludes halogenated alkanes) is 5. The lowest BCUT2D eigenvalue weighted by Gasteiger charge is -2.28. The van der Waals surface area contributed by atoms with Crippen LogP contribution in [0.4, 0.5) is 0 Å². The minimum Gasteiger partial charge on any atom is -0.314 e. The summed E-state index contributed by atoms with van der Waals surface area (Å²) in [6.07, 6.45) is 8.32. The maximum absolute atomic E-state index is 3.61. The van der Waals surface area contributed by atoms with Crippen LogP contribution < -0.4 is 5.32 Å². The molecule has 0 heterocycles. The molecule has 0 radical (unpaired) electrons. The summed E-state index contributed by atoms with van der Waals surface area (Å²) in [7, 11) is 0. The highest BCUT2D eigenvalue weighted by Gasteiger charge is 2.18. The Morgan fingerprint density at radius 2 is 1.47 bits per heavy atom. The van der Waals surface area contributed by atoms with Crippen LogP contribution >= 0.6 is 0 Å². The molecule has 1 unspecified atom stereocenters. The van der Waals surface area contributed by atoms with Crippen molar-refractivity contribution in [1.29, 1.82) is 0 Å². The Bertz CT molecular complexity index is 135. The van der Waals surface area contributed by atoms with Gasteiger partial charge in [-0.25, -0.2) is 0 Å². The molecule has 1 heteroatoms. The molecular weight excluding hydrogens is 182 g/mol. The van der Waals surface area contributed by atoms with Crippen LogP contribution in [0.25, 0.3) is 0 Å². The van der Waals surface area contributed by atoms with Gasteiger partial charge in [-0.15, -0.1) is 0 Å². The van der Waals surface area contributed by atoms with Gasteiger partial charge in [0.15, 0.2) is 0 Å². The Labute approximate surface area is 97.0 Å². The summed E-state index contributed by atoms with van der Waals surface area (Å²) in [6.45, 7) is 12.6. The predicted molar refractivity (Wildman–Crippen MR) is 70.3 cm³/mol. The second-order valence-corrected chi connectivity index (χ2v) is 5.81. The lowest BCUT2D eigenvalue weighted by atomic mass is 9.88. The molecule has 0 aliphatic heterocycles. The van der Waals surface area contributed by atoms with Crippen molar-refractivity contribution in [2.24, 2.45) is 5.41 Å². The molecule has 0 aromatic carbocycles. The van der Waals surface area contributed by atoms with Crippen LogP contribution in [0.15, 0.2) is 0 Å². The Kier molecular flexibility index (Phi) is 8.13. The van der Waals surface area contributed by atoms with E-state index in [0.717, 1.165) is 0 Å². The summed E-state index contributed by atoms with van der Waals surface area (Å²) < 4.78 is 0. The van der Waals surface area contributed by atoms with Gasteiger partial charge in [-0.05, 0) is 25.3 Å². The summed E-state index contributed by atoms with van der Waals surface area (Å²) in [5.41, 5.74) is 0.391. The highest BCUT2D eigenvalue weighted by molar-refractivity contribution is 4.75. The molecule has 15 heavy (non-hydrogen) atoms. The summed E-state index contributed by atoms with van der Waals surface area (Å²) in [6, 6.07) is 0.619. The third kappa shape index (κ3) is 8.92. The molecular formula is C14H31N. The molecule has 1 atom stereocenters. The van der Waals surface area contributed by atoms with Crippen molar-refractivity contribution in [2.45, 2.75) is 79.2 Å². The van der Waals surface area contributed by atoms with Gasteiger partial charge < -0.3 is 5.32 Å². The lowest BCUT2D eigenvalue weighted by molar-refractivity contribution is 0.285. The lowest BCUT2D eigenvalue weighted by Crippen LogP contribution is -2.38. The highest BCUT2D eigenvalue weighted by Crippen LogP contribution is 2.18. The van der Waals surface area contributed by atoms with E-state index in [1.165, 1.54) is 45.1 Å². The summed E-state index contributed by atoms with van der Waals surface area (Å²) in [5.74, 6) is 0. The summed E-state index contributed by atoms with van der Waals surface area (Å²) >= 11 is 0. The van der Waals surface area contributed by atoms with Crippen molar-refractivity contribution in [3.63, 3.8) is 0 Å². The fourth-order valence-corrected chi connectivity index (χ4v) is 1.53. The molecule has 0 aromatic rings. The van der Waals surface area contributed by atoms with E-state index < -0.39 is 0 Å². The molecule has 0 spiro atoms. The van der Waals surface area contributed by atoms with Crippen molar-refractivity contribution in [2.75, 3.05) is 6.54 Å². The zero-order valence-corrected chi connectivity index (χ0v) is 11.5. The molecule has 0 aliphatic carbocycles. The fraction of sp³-hybridized carbons (Fsp3) is 1.00. The van der Waals surface area contributed by atoms with E-state index in [-0.39, 0.29) is 0 Å². The van der Waals surface area contributed by atoms with Gasteiger partial charge in [-0.2, -0.15) is 0 Å². The van der Waals surface area contributed by atoms with Gasteiger partial charge in [0.2, 0.25) is 0 Å². The van der Waals surface area contributed by atoms with Crippen LogP contribution in [0.3, 0.4) is 0 Å². The molecule has 0 aromatic heterocycles. The fourth-order valence-electron chi connectivity index (χ4n) is 1.53. The van der Waals surface area contributed by atoms with Gasteiger partial charge >= 0.3 is 0 Å². The van der Waals surface area contributed by atoms with Gasteiger partial charge in [-0.3, -0.25) is 0 Å². The molecule has 0 bridgehead atoms. The SMILES string of the molecule is CCCCCCCCNC(C)C(C)(C)C.